The molecule has 0 saturated carbocycles. The molecule has 1 N–H and O–H groups in total. The molecule has 1 aromatic heterocycles. The van der Waals surface area contributed by atoms with Crippen molar-refractivity contribution < 1.29 is 9.90 Å². The fraction of sp³-hybridized carbons (Fsp3) is 0.500. The first-order valence-corrected chi connectivity index (χ1v) is 5.44. The maximum Gasteiger partial charge on any atom is 0.274 e. The van der Waals surface area contributed by atoms with Crippen molar-refractivity contribution in [1.82, 2.24) is 14.9 Å². The zero-order valence-electron chi connectivity index (χ0n) is 9.06. The van der Waals surface area contributed by atoms with Gasteiger partial charge in [-0.1, -0.05) is 18.5 Å². The van der Waals surface area contributed by atoms with Gasteiger partial charge in [0.15, 0.2) is 0 Å². The van der Waals surface area contributed by atoms with Gasteiger partial charge in [0.1, 0.15) is 10.8 Å². The SMILES string of the molecule is CCCN(CCO)C(=O)c1cnc(Cl)cn1. The van der Waals surface area contributed by atoms with Crippen molar-refractivity contribution in [3.05, 3.63) is 23.2 Å². The lowest BCUT2D eigenvalue weighted by atomic mass is 10.3. The summed E-state index contributed by atoms with van der Waals surface area (Å²) in [5.74, 6) is -0.236. The van der Waals surface area contributed by atoms with E-state index in [4.69, 9.17) is 16.7 Å². The number of rotatable bonds is 5. The third kappa shape index (κ3) is 3.43. The molecule has 0 unspecified atom stereocenters. The lowest BCUT2D eigenvalue weighted by Crippen LogP contribution is -2.34. The predicted octanol–water partition coefficient (Wildman–Crippen LogP) is 0.974. The first kappa shape index (κ1) is 12.9. The molecule has 6 heteroatoms. The summed E-state index contributed by atoms with van der Waals surface area (Å²) in [6.45, 7) is 2.79. The van der Waals surface area contributed by atoms with E-state index < -0.39 is 0 Å². The molecule has 88 valence electrons. The smallest absolute Gasteiger partial charge is 0.274 e. The number of aliphatic hydroxyl groups excluding tert-OH is 1. The summed E-state index contributed by atoms with van der Waals surface area (Å²) in [6, 6.07) is 0. The van der Waals surface area contributed by atoms with Crippen LogP contribution in [-0.4, -0.2) is 45.6 Å². The highest BCUT2D eigenvalue weighted by molar-refractivity contribution is 6.29. The average molecular weight is 244 g/mol. The Bertz CT molecular complexity index is 336. The Morgan fingerprint density at radius 1 is 1.44 bits per heavy atom. The highest BCUT2D eigenvalue weighted by atomic mass is 35.5. The van der Waals surface area contributed by atoms with E-state index in [0.717, 1.165) is 6.42 Å². The van der Waals surface area contributed by atoms with Gasteiger partial charge in [0.25, 0.3) is 5.91 Å². The Labute approximate surface area is 99.1 Å². The van der Waals surface area contributed by atoms with E-state index in [9.17, 15) is 4.79 Å². The highest BCUT2D eigenvalue weighted by Gasteiger charge is 2.15. The van der Waals surface area contributed by atoms with E-state index in [-0.39, 0.29) is 23.4 Å². The van der Waals surface area contributed by atoms with Crippen LogP contribution in [0.1, 0.15) is 23.8 Å². The van der Waals surface area contributed by atoms with E-state index >= 15 is 0 Å². The zero-order valence-corrected chi connectivity index (χ0v) is 9.81. The second-order valence-electron chi connectivity index (χ2n) is 3.24. The minimum atomic E-state index is -0.236. The van der Waals surface area contributed by atoms with Gasteiger partial charge in [0, 0.05) is 13.1 Å². The van der Waals surface area contributed by atoms with Crippen LogP contribution >= 0.6 is 11.6 Å². The Morgan fingerprint density at radius 3 is 2.69 bits per heavy atom. The van der Waals surface area contributed by atoms with Gasteiger partial charge in [-0.05, 0) is 6.42 Å². The summed E-state index contributed by atoms with van der Waals surface area (Å²) in [5, 5.41) is 9.10. The van der Waals surface area contributed by atoms with Crippen molar-refractivity contribution in [2.45, 2.75) is 13.3 Å². The summed E-state index contributed by atoms with van der Waals surface area (Å²) >= 11 is 5.58. The molecular weight excluding hydrogens is 230 g/mol. The van der Waals surface area contributed by atoms with E-state index in [1.807, 2.05) is 6.92 Å². The van der Waals surface area contributed by atoms with Gasteiger partial charge in [-0.25, -0.2) is 9.97 Å². The molecule has 0 bridgehead atoms. The summed E-state index contributed by atoms with van der Waals surface area (Å²) < 4.78 is 0. The van der Waals surface area contributed by atoms with E-state index in [1.165, 1.54) is 17.3 Å². The highest BCUT2D eigenvalue weighted by Crippen LogP contribution is 2.05. The van der Waals surface area contributed by atoms with E-state index in [1.54, 1.807) is 0 Å². The molecule has 1 rings (SSSR count). The number of aliphatic hydroxyl groups is 1. The number of amides is 1. The normalized spacial score (nSPS) is 10.2. The van der Waals surface area contributed by atoms with Crippen LogP contribution in [0.3, 0.4) is 0 Å². The van der Waals surface area contributed by atoms with Gasteiger partial charge in [-0.15, -0.1) is 0 Å². The molecule has 0 atom stereocenters. The molecule has 0 radical (unpaired) electrons. The second-order valence-corrected chi connectivity index (χ2v) is 3.63. The van der Waals surface area contributed by atoms with Crippen molar-refractivity contribution in [1.29, 1.82) is 0 Å². The Hall–Kier alpha value is -1.20. The third-order valence-corrected chi connectivity index (χ3v) is 2.19. The number of nitrogens with zero attached hydrogens (tertiary/aromatic N) is 3. The van der Waals surface area contributed by atoms with Gasteiger partial charge < -0.3 is 10.0 Å². The maximum absolute atomic E-state index is 11.9. The van der Waals surface area contributed by atoms with Crippen LogP contribution in [0.15, 0.2) is 12.4 Å². The van der Waals surface area contributed by atoms with Crippen molar-refractivity contribution in [3.8, 4) is 0 Å². The molecule has 16 heavy (non-hydrogen) atoms. The Balaban J connectivity index is 2.77. The summed E-state index contributed by atoms with van der Waals surface area (Å²) in [5.41, 5.74) is 0.242. The van der Waals surface area contributed by atoms with Gasteiger partial charge in [-0.2, -0.15) is 0 Å². The van der Waals surface area contributed by atoms with Crippen LogP contribution in [0.5, 0.6) is 0 Å². The topological polar surface area (TPSA) is 66.3 Å². The molecule has 0 aromatic carbocycles. The number of carbonyl (C=O) groups is 1. The first-order valence-electron chi connectivity index (χ1n) is 5.06. The van der Waals surface area contributed by atoms with Crippen LogP contribution in [-0.2, 0) is 0 Å². The standard InChI is InChI=1S/C10H14ClN3O2/c1-2-3-14(4-5-15)10(16)8-6-13-9(11)7-12-8/h6-7,15H,2-5H2,1H3. The molecule has 0 saturated heterocycles. The van der Waals surface area contributed by atoms with Crippen LogP contribution in [0.25, 0.3) is 0 Å². The second kappa shape index (κ2) is 6.40. The molecule has 1 amide bonds. The number of aromatic nitrogens is 2. The average Bonchev–Trinajstić information content (AvgIpc) is 2.29. The van der Waals surface area contributed by atoms with Crippen LogP contribution in [0.2, 0.25) is 5.15 Å². The van der Waals surface area contributed by atoms with Crippen molar-refractivity contribution in [2.75, 3.05) is 19.7 Å². The quantitative estimate of drug-likeness (QED) is 0.837. The molecule has 0 aliphatic carbocycles. The zero-order chi connectivity index (χ0) is 12.0. The van der Waals surface area contributed by atoms with Crippen LogP contribution in [0.4, 0.5) is 0 Å². The summed E-state index contributed by atoms with van der Waals surface area (Å²) in [4.78, 5) is 21.1. The first-order chi connectivity index (χ1) is 7.69. The molecule has 5 nitrogen and oxygen atoms in total. The molecule has 0 aliphatic rings. The largest absolute Gasteiger partial charge is 0.395 e. The predicted molar refractivity (Wildman–Crippen MR) is 60.3 cm³/mol. The van der Waals surface area contributed by atoms with Crippen molar-refractivity contribution in [2.24, 2.45) is 0 Å². The maximum atomic E-state index is 11.9. The molecular formula is C10H14ClN3O2. The van der Waals surface area contributed by atoms with Gasteiger partial charge in [0.05, 0.1) is 19.0 Å². The number of halogens is 1. The molecule has 1 heterocycles. The molecule has 0 fully saturated rings. The lowest BCUT2D eigenvalue weighted by Gasteiger charge is -2.20. The van der Waals surface area contributed by atoms with Crippen LogP contribution in [0, 0.1) is 0 Å². The van der Waals surface area contributed by atoms with Crippen molar-refractivity contribution >= 4 is 17.5 Å². The lowest BCUT2D eigenvalue weighted by molar-refractivity contribution is 0.0715. The monoisotopic (exact) mass is 243 g/mol. The molecule has 0 aliphatic heterocycles. The van der Waals surface area contributed by atoms with Gasteiger partial charge >= 0.3 is 0 Å². The Morgan fingerprint density at radius 2 is 2.19 bits per heavy atom. The van der Waals surface area contributed by atoms with E-state index in [0.29, 0.717) is 13.1 Å². The van der Waals surface area contributed by atoms with Gasteiger partial charge in [0.2, 0.25) is 0 Å². The fourth-order valence-electron chi connectivity index (χ4n) is 1.29. The minimum absolute atomic E-state index is 0.0627. The number of hydrogen-bond donors (Lipinski definition) is 1. The van der Waals surface area contributed by atoms with Crippen molar-refractivity contribution in [3.63, 3.8) is 0 Å². The molecule has 1 aromatic rings. The Kier molecular flexibility index (Phi) is 5.14. The summed E-state index contributed by atoms with van der Waals surface area (Å²) in [7, 11) is 0. The van der Waals surface area contributed by atoms with Gasteiger partial charge in [-0.3, -0.25) is 4.79 Å². The number of carbonyl (C=O) groups excluding carboxylic acids is 1. The molecule has 0 spiro atoms. The fourth-order valence-corrected chi connectivity index (χ4v) is 1.39. The summed E-state index contributed by atoms with van der Waals surface area (Å²) in [6.07, 6.45) is 3.50. The van der Waals surface area contributed by atoms with Crippen LogP contribution < -0.4 is 0 Å². The number of hydrogen-bond acceptors (Lipinski definition) is 4. The third-order valence-electron chi connectivity index (χ3n) is 1.99. The van der Waals surface area contributed by atoms with E-state index in [2.05, 4.69) is 9.97 Å². The minimum Gasteiger partial charge on any atom is -0.395 e.